The normalized spacial score (nSPS) is 50.9. The zero-order chi connectivity index (χ0) is 17.8. The molecule has 5 aliphatic rings. The lowest BCUT2D eigenvalue weighted by molar-refractivity contribution is -0.0936. The van der Waals surface area contributed by atoms with Crippen LogP contribution in [-0.4, -0.2) is 11.8 Å². The lowest BCUT2D eigenvalue weighted by Crippen LogP contribution is -2.52. The third kappa shape index (κ3) is 2.66. The molecule has 5 rings (SSSR count). The minimum Gasteiger partial charge on any atom is -0.290 e. The molecule has 6 atom stereocenters. The molecule has 5 fully saturated rings. The first-order valence-electron chi connectivity index (χ1n) is 12.2. The summed E-state index contributed by atoms with van der Waals surface area (Å²) in [5.41, 5.74) is 2.83. The Bertz CT molecular complexity index is 559. The Morgan fingerprint density at radius 3 is 2.38 bits per heavy atom. The molecule has 0 heterocycles. The first kappa shape index (κ1) is 17.7. The van der Waals surface area contributed by atoms with Gasteiger partial charge in [-0.3, -0.25) is 4.99 Å². The molecule has 5 aliphatic carbocycles. The second kappa shape index (κ2) is 6.63. The second-order valence-electron chi connectivity index (χ2n) is 11.3. The maximum absolute atomic E-state index is 5.44. The lowest BCUT2D eigenvalue weighted by atomic mass is 9.45. The summed E-state index contributed by atoms with van der Waals surface area (Å²) in [5.74, 6) is 4.07. The van der Waals surface area contributed by atoms with E-state index >= 15 is 0 Å². The van der Waals surface area contributed by atoms with E-state index in [4.69, 9.17) is 4.99 Å². The van der Waals surface area contributed by atoms with Crippen molar-refractivity contribution in [2.45, 2.75) is 116 Å². The summed E-state index contributed by atoms with van der Waals surface area (Å²) in [6.07, 6.45) is 22.0. The molecule has 1 nitrogen and oxygen atoms in total. The van der Waals surface area contributed by atoms with Crippen molar-refractivity contribution in [3.05, 3.63) is 0 Å². The van der Waals surface area contributed by atoms with Crippen molar-refractivity contribution < 1.29 is 0 Å². The molecule has 26 heavy (non-hydrogen) atoms. The zero-order valence-electron chi connectivity index (χ0n) is 17.4. The van der Waals surface area contributed by atoms with Gasteiger partial charge >= 0.3 is 0 Å². The highest BCUT2D eigenvalue weighted by molar-refractivity contribution is 5.92. The molecule has 0 unspecified atom stereocenters. The second-order valence-corrected chi connectivity index (χ2v) is 11.3. The first-order valence-corrected chi connectivity index (χ1v) is 12.2. The predicted octanol–water partition coefficient (Wildman–Crippen LogP) is 7.19. The standard InChI is InChI=1S/C25H41N/c1-24-16-7-6-8-18(24)11-12-20-21-13-14-23(25(21,2)17-15-22(20)24)26-19-9-4-3-5-10-19/h18-22H,3-17H2,1-2H3/t18-,20-,21+,22-,24+,25+/m1/s1. The molecule has 0 saturated heterocycles. The lowest BCUT2D eigenvalue weighted by Gasteiger charge is -2.60. The molecule has 0 bridgehead atoms. The van der Waals surface area contributed by atoms with Gasteiger partial charge in [0.2, 0.25) is 0 Å². The van der Waals surface area contributed by atoms with Crippen molar-refractivity contribution in [3.63, 3.8) is 0 Å². The maximum Gasteiger partial charge on any atom is 0.0499 e. The van der Waals surface area contributed by atoms with Crippen LogP contribution in [0.2, 0.25) is 0 Å². The molecule has 1 heteroatoms. The van der Waals surface area contributed by atoms with Crippen LogP contribution < -0.4 is 0 Å². The van der Waals surface area contributed by atoms with Gasteiger partial charge in [0.1, 0.15) is 0 Å². The summed E-state index contributed by atoms with van der Waals surface area (Å²) >= 11 is 0. The van der Waals surface area contributed by atoms with Crippen molar-refractivity contribution in [1.29, 1.82) is 0 Å². The van der Waals surface area contributed by atoms with E-state index in [0.29, 0.717) is 16.9 Å². The fraction of sp³-hybridized carbons (Fsp3) is 0.960. The number of hydrogen-bond acceptors (Lipinski definition) is 1. The van der Waals surface area contributed by atoms with Crippen molar-refractivity contribution in [2.75, 3.05) is 0 Å². The fourth-order valence-corrected chi connectivity index (χ4v) is 8.73. The largest absolute Gasteiger partial charge is 0.290 e. The molecular formula is C25H41N. The summed E-state index contributed by atoms with van der Waals surface area (Å²) in [6.45, 7) is 5.35. The number of fused-ring (bicyclic) bond motifs is 5. The van der Waals surface area contributed by atoms with Crippen LogP contribution in [0.1, 0.15) is 110 Å². The molecule has 0 N–H and O–H groups in total. The molecule has 0 aliphatic heterocycles. The van der Waals surface area contributed by atoms with Gasteiger partial charge in [0.05, 0.1) is 0 Å². The van der Waals surface area contributed by atoms with Gasteiger partial charge in [-0.2, -0.15) is 0 Å². The van der Waals surface area contributed by atoms with Gasteiger partial charge in [0.15, 0.2) is 0 Å². The summed E-state index contributed by atoms with van der Waals surface area (Å²) in [5, 5.41) is 0. The average Bonchev–Trinajstić information content (AvgIpc) is 2.98. The number of aliphatic imine (C=N–C) groups is 1. The van der Waals surface area contributed by atoms with Crippen LogP contribution in [-0.2, 0) is 0 Å². The van der Waals surface area contributed by atoms with Crippen LogP contribution in [0.3, 0.4) is 0 Å². The predicted molar refractivity (Wildman–Crippen MR) is 111 cm³/mol. The molecule has 0 aromatic carbocycles. The topological polar surface area (TPSA) is 12.4 Å². The van der Waals surface area contributed by atoms with Gasteiger partial charge in [-0.1, -0.05) is 46.0 Å². The number of nitrogens with zero attached hydrogens (tertiary/aromatic N) is 1. The van der Waals surface area contributed by atoms with Gasteiger partial charge in [-0.15, -0.1) is 0 Å². The summed E-state index contributed by atoms with van der Waals surface area (Å²) < 4.78 is 0. The molecule has 0 spiro atoms. The highest BCUT2D eigenvalue weighted by atomic mass is 14.8. The van der Waals surface area contributed by atoms with Crippen LogP contribution in [0.25, 0.3) is 0 Å². The Morgan fingerprint density at radius 1 is 0.731 bits per heavy atom. The van der Waals surface area contributed by atoms with Crippen LogP contribution in [0.15, 0.2) is 4.99 Å². The third-order valence-corrected chi connectivity index (χ3v) is 10.2. The SMILES string of the molecule is C[C@]12CCCC[C@@H]1CC[C@H]1[C@H]2CC[C@]2(C)C(=NC3CCCCC3)CC[C@@H]12. The Balaban J connectivity index is 1.39. The van der Waals surface area contributed by atoms with Crippen LogP contribution in [0, 0.1) is 34.5 Å². The van der Waals surface area contributed by atoms with E-state index < -0.39 is 0 Å². The zero-order valence-corrected chi connectivity index (χ0v) is 17.4. The molecule has 0 radical (unpaired) electrons. The monoisotopic (exact) mass is 355 g/mol. The highest BCUT2D eigenvalue weighted by Gasteiger charge is 2.58. The Hall–Kier alpha value is -0.330. The van der Waals surface area contributed by atoms with Crippen molar-refractivity contribution in [2.24, 2.45) is 39.5 Å². The van der Waals surface area contributed by atoms with E-state index in [0.717, 1.165) is 23.7 Å². The fourth-order valence-electron chi connectivity index (χ4n) is 8.73. The van der Waals surface area contributed by atoms with E-state index in [1.165, 1.54) is 83.5 Å². The molecule has 0 aromatic heterocycles. The molecule has 0 aromatic rings. The van der Waals surface area contributed by atoms with E-state index in [9.17, 15) is 0 Å². The van der Waals surface area contributed by atoms with Gasteiger partial charge in [0, 0.05) is 17.2 Å². The summed E-state index contributed by atoms with van der Waals surface area (Å²) in [6, 6.07) is 0.679. The molecule has 146 valence electrons. The Morgan fingerprint density at radius 2 is 1.54 bits per heavy atom. The van der Waals surface area contributed by atoms with Crippen LogP contribution in [0.4, 0.5) is 0 Å². The quantitative estimate of drug-likeness (QED) is 0.472. The van der Waals surface area contributed by atoms with Gasteiger partial charge in [-0.25, -0.2) is 0 Å². The van der Waals surface area contributed by atoms with Crippen molar-refractivity contribution in [1.82, 2.24) is 0 Å². The van der Waals surface area contributed by atoms with Crippen molar-refractivity contribution in [3.8, 4) is 0 Å². The van der Waals surface area contributed by atoms with Crippen LogP contribution >= 0.6 is 0 Å². The minimum atomic E-state index is 0.469. The smallest absolute Gasteiger partial charge is 0.0499 e. The summed E-state index contributed by atoms with van der Waals surface area (Å²) in [4.78, 5) is 5.44. The van der Waals surface area contributed by atoms with Crippen LogP contribution in [0.5, 0.6) is 0 Å². The van der Waals surface area contributed by atoms with E-state index in [1.807, 2.05) is 0 Å². The van der Waals surface area contributed by atoms with Crippen molar-refractivity contribution >= 4 is 5.71 Å². The van der Waals surface area contributed by atoms with Gasteiger partial charge < -0.3 is 0 Å². The molecular weight excluding hydrogens is 314 g/mol. The van der Waals surface area contributed by atoms with E-state index in [1.54, 1.807) is 18.6 Å². The Labute approximate surface area is 161 Å². The molecule has 0 amide bonds. The summed E-state index contributed by atoms with van der Waals surface area (Å²) in [7, 11) is 0. The molecule has 5 saturated carbocycles. The van der Waals surface area contributed by atoms with E-state index in [-0.39, 0.29) is 0 Å². The highest BCUT2D eigenvalue weighted by Crippen LogP contribution is 2.65. The van der Waals surface area contributed by atoms with Gasteiger partial charge in [0.25, 0.3) is 0 Å². The number of rotatable bonds is 1. The number of hydrogen-bond donors (Lipinski definition) is 0. The minimum absolute atomic E-state index is 0.469. The van der Waals surface area contributed by atoms with E-state index in [2.05, 4.69) is 13.8 Å². The third-order valence-electron chi connectivity index (χ3n) is 10.2. The average molecular weight is 356 g/mol. The Kier molecular flexibility index (Phi) is 4.52. The maximum atomic E-state index is 5.44. The first-order chi connectivity index (χ1) is 12.6. The van der Waals surface area contributed by atoms with Gasteiger partial charge in [-0.05, 0) is 93.3 Å².